The summed E-state index contributed by atoms with van der Waals surface area (Å²) in [5.74, 6) is 1.61. The molecule has 3 heterocycles. The summed E-state index contributed by atoms with van der Waals surface area (Å²) in [5.41, 5.74) is 0.787. The highest BCUT2D eigenvalue weighted by Gasteiger charge is 2.20. The molecule has 0 atom stereocenters. The van der Waals surface area contributed by atoms with E-state index in [4.69, 9.17) is 0 Å². The molecular weight excluding hydrogens is 254 g/mol. The van der Waals surface area contributed by atoms with Crippen LogP contribution in [0.4, 0.5) is 11.8 Å². The van der Waals surface area contributed by atoms with Gasteiger partial charge >= 0.3 is 0 Å². The van der Waals surface area contributed by atoms with Crippen LogP contribution in [0.2, 0.25) is 0 Å². The third-order valence-electron chi connectivity index (χ3n) is 3.72. The zero-order valence-electron chi connectivity index (χ0n) is 12.1. The molecule has 2 aromatic rings. The van der Waals surface area contributed by atoms with Crippen molar-refractivity contribution in [3.8, 4) is 0 Å². The van der Waals surface area contributed by atoms with Gasteiger partial charge in [0.05, 0.1) is 11.6 Å². The van der Waals surface area contributed by atoms with Gasteiger partial charge in [0.2, 0.25) is 5.95 Å². The van der Waals surface area contributed by atoms with Crippen LogP contribution < -0.4 is 10.2 Å². The largest absolute Gasteiger partial charge is 0.357 e. The molecule has 3 rings (SSSR count). The Bertz CT molecular complexity index is 571. The minimum atomic E-state index is 0.632. The van der Waals surface area contributed by atoms with E-state index >= 15 is 0 Å². The molecule has 0 radical (unpaired) electrons. The van der Waals surface area contributed by atoms with Crippen LogP contribution in [-0.4, -0.2) is 64.8 Å². The zero-order chi connectivity index (χ0) is 13.9. The summed E-state index contributed by atoms with van der Waals surface area (Å²) in [4.78, 5) is 13.8. The summed E-state index contributed by atoms with van der Waals surface area (Å²) in [6, 6.07) is 0. The van der Waals surface area contributed by atoms with Crippen LogP contribution in [0.15, 0.2) is 6.20 Å². The fourth-order valence-corrected chi connectivity index (χ4v) is 2.67. The highest BCUT2D eigenvalue weighted by atomic mass is 15.3. The molecule has 1 aliphatic rings. The third-order valence-corrected chi connectivity index (χ3v) is 3.72. The maximum atomic E-state index is 4.61. The van der Waals surface area contributed by atoms with Gasteiger partial charge in [-0.15, -0.1) is 0 Å². The lowest BCUT2D eigenvalue weighted by Crippen LogP contribution is -2.46. The maximum absolute atomic E-state index is 4.61. The standard InChI is InChI=1S/C13H21N7/c1-3-4-19-5-7-20(8-6-19)12-10-9-15-18-11(10)16-13(14-2)17-12/h9H,3-8H2,1-2H3,(H2,14,15,16,17,18). The summed E-state index contributed by atoms with van der Waals surface area (Å²) >= 11 is 0. The molecule has 20 heavy (non-hydrogen) atoms. The van der Waals surface area contributed by atoms with Gasteiger partial charge in [-0.1, -0.05) is 6.92 Å². The highest BCUT2D eigenvalue weighted by Crippen LogP contribution is 2.24. The van der Waals surface area contributed by atoms with Gasteiger partial charge in [-0.05, 0) is 13.0 Å². The molecule has 1 aliphatic heterocycles. The Balaban J connectivity index is 1.85. The van der Waals surface area contributed by atoms with Crippen LogP contribution in [0.25, 0.3) is 11.0 Å². The van der Waals surface area contributed by atoms with Crippen molar-refractivity contribution in [2.24, 2.45) is 0 Å². The summed E-state index contributed by atoms with van der Waals surface area (Å²) in [6.45, 7) is 7.59. The average Bonchev–Trinajstić information content (AvgIpc) is 2.95. The molecular formula is C13H21N7. The van der Waals surface area contributed by atoms with Gasteiger partial charge in [0.25, 0.3) is 0 Å². The number of hydrogen-bond acceptors (Lipinski definition) is 6. The molecule has 2 N–H and O–H groups in total. The SMILES string of the molecule is CCCN1CCN(c2nc(NC)nc3[nH]ncc23)CC1. The van der Waals surface area contributed by atoms with E-state index in [1.54, 1.807) is 0 Å². The van der Waals surface area contributed by atoms with E-state index in [-0.39, 0.29) is 0 Å². The Morgan fingerprint density at radius 2 is 2.05 bits per heavy atom. The molecule has 0 aliphatic carbocycles. The Morgan fingerprint density at radius 1 is 1.25 bits per heavy atom. The van der Waals surface area contributed by atoms with Gasteiger partial charge in [-0.3, -0.25) is 10.00 Å². The van der Waals surface area contributed by atoms with E-state index < -0.39 is 0 Å². The zero-order valence-corrected chi connectivity index (χ0v) is 12.1. The summed E-state index contributed by atoms with van der Waals surface area (Å²) in [5, 5.41) is 11.0. The lowest BCUT2D eigenvalue weighted by atomic mass is 10.2. The Morgan fingerprint density at radius 3 is 2.75 bits per heavy atom. The van der Waals surface area contributed by atoms with Crippen LogP contribution in [-0.2, 0) is 0 Å². The van der Waals surface area contributed by atoms with Crippen molar-refractivity contribution in [1.29, 1.82) is 0 Å². The predicted octanol–water partition coefficient (Wildman–Crippen LogP) is 0.927. The van der Waals surface area contributed by atoms with Gasteiger partial charge in [0.1, 0.15) is 5.82 Å². The number of nitrogens with zero attached hydrogens (tertiary/aromatic N) is 5. The molecule has 1 fully saturated rings. The number of rotatable bonds is 4. The Kier molecular flexibility index (Phi) is 3.68. The number of anilines is 2. The molecule has 0 saturated carbocycles. The molecule has 7 nitrogen and oxygen atoms in total. The van der Waals surface area contributed by atoms with Crippen LogP contribution in [0.5, 0.6) is 0 Å². The van der Waals surface area contributed by atoms with Crippen molar-refractivity contribution in [2.75, 3.05) is 50.0 Å². The molecule has 2 aromatic heterocycles. The highest BCUT2D eigenvalue weighted by molar-refractivity contribution is 5.87. The lowest BCUT2D eigenvalue weighted by Gasteiger charge is -2.35. The molecule has 0 bridgehead atoms. The average molecular weight is 275 g/mol. The molecule has 0 spiro atoms. The van der Waals surface area contributed by atoms with Crippen LogP contribution in [0.3, 0.4) is 0 Å². The molecule has 1 saturated heterocycles. The molecule has 0 amide bonds. The van der Waals surface area contributed by atoms with E-state index in [1.165, 1.54) is 13.0 Å². The second-order valence-electron chi connectivity index (χ2n) is 5.08. The number of aromatic nitrogens is 4. The number of hydrogen-bond donors (Lipinski definition) is 2. The number of nitrogens with one attached hydrogen (secondary N) is 2. The van der Waals surface area contributed by atoms with Crippen LogP contribution in [0, 0.1) is 0 Å². The number of H-pyrrole nitrogens is 1. The van der Waals surface area contributed by atoms with E-state index in [0.29, 0.717) is 5.95 Å². The van der Waals surface area contributed by atoms with E-state index in [2.05, 4.69) is 42.2 Å². The van der Waals surface area contributed by atoms with Gasteiger partial charge in [-0.25, -0.2) is 0 Å². The minimum absolute atomic E-state index is 0.632. The van der Waals surface area contributed by atoms with Gasteiger partial charge in [0, 0.05) is 33.2 Å². The summed E-state index contributed by atoms with van der Waals surface area (Å²) in [7, 11) is 1.83. The molecule has 0 unspecified atom stereocenters. The van der Waals surface area contributed by atoms with Crippen LogP contribution >= 0.6 is 0 Å². The van der Waals surface area contributed by atoms with Gasteiger partial charge < -0.3 is 10.2 Å². The molecule has 108 valence electrons. The van der Waals surface area contributed by atoms with Crippen molar-refractivity contribution in [2.45, 2.75) is 13.3 Å². The smallest absolute Gasteiger partial charge is 0.226 e. The molecule has 0 aromatic carbocycles. The van der Waals surface area contributed by atoms with Crippen molar-refractivity contribution in [3.63, 3.8) is 0 Å². The van der Waals surface area contributed by atoms with Gasteiger partial charge in [-0.2, -0.15) is 15.1 Å². The summed E-state index contributed by atoms with van der Waals surface area (Å²) in [6.07, 6.45) is 3.02. The van der Waals surface area contributed by atoms with Crippen molar-refractivity contribution < 1.29 is 0 Å². The van der Waals surface area contributed by atoms with Gasteiger partial charge in [0.15, 0.2) is 5.65 Å². The first-order chi connectivity index (χ1) is 9.81. The number of piperazine rings is 1. The first-order valence-corrected chi connectivity index (χ1v) is 7.18. The lowest BCUT2D eigenvalue weighted by molar-refractivity contribution is 0.258. The van der Waals surface area contributed by atoms with Crippen molar-refractivity contribution in [3.05, 3.63) is 6.20 Å². The van der Waals surface area contributed by atoms with Crippen molar-refractivity contribution >= 4 is 22.8 Å². The number of fused-ring (bicyclic) bond motifs is 1. The molecule has 7 heteroatoms. The Labute approximate surface area is 118 Å². The summed E-state index contributed by atoms with van der Waals surface area (Å²) < 4.78 is 0. The van der Waals surface area contributed by atoms with E-state index in [9.17, 15) is 0 Å². The monoisotopic (exact) mass is 275 g/mol. The minimum Gasteiger partial charge on any atom is -0.357 e. The first-order valence-electron chi connectivity index (χ1n) is 7.18. The predicted molar refractivity (Wildman–Crippen MR) is 80.2 cm³/mol. The fourth-order valence-electron chi connectivity index (χ4n) is 2.67. The third kappa shape index (κ3) is 2.40. The quantitative estimate of drug-likeness (QED) is 0.864. The normalized spacial score (nSPS) is 16.8. The van der Waals surface area contributed by atoms with Crippen LogP contribution in [0.1, 0.15) is 13.3 Å². The van der Waals surface area contributed by atoms with Crippen molar-refractivity contribution in [1.82, 2.24) is 25.1 Å². The number of aromatic amines is 1. The van der Waals surface area contributed by atoms with E-state index in [0.717, 1.165) is 43.0 Å². The second-order valence-corrected chi connectivity index (χ2v) is 5.08. The maximum Gasteiger partial charge on any atom is 0.226 e. The first kappa shape index (κ1) is 13.1. The second kappa shape index (κ2) is 5.62. The Hall–Kier alpha value is -1.89. The fraction of sp³-hybridized carbons (Fsp3) is 0.615. The topological polar surface area (TPSA) is 73.0 Å². The van der Waals surface area contributed by atoms with E-state index in [1.807, 2.05) is 13.2 Å².